The average Bonchev–Trinajstić information content (AvgIpc) is 3.18. The summed E-state index contributed by atoms with van der Waals surface area (Å²) in [6, 6.07) is 0. The molecule has 2 atom stereocenters. The maximum absolute atomic E-state index is 12.6. The van der Waals surface area contributed by atoms with E-state index >= 15 is 0 Å². The molecular formula is C47H81O8P. The number of allylic oxidation sites excluding steroid dienone is 12. The maximum Gasteiger partial charge on any atom is 0.472 e. The first-order valence-electron chi connectivity index (χ1n) is 22.2. The van der Waals surface area contributed by atoms with E-state index in [0.29, 0.717) is 6.42 Å². The maximum atomic E-state index is 12.6. The first-order valence-corrected chi connectivity index (χ1v) is 23.7. The minimum absolute atomic E-state index is 0.0104. The number of esters is 2. The Bertz CT molecular complexity index is 1140. The van der Waals surface area contributed by atoms with Crippen LogP contribution in [-0.2, 0) is 32.7 Å². The third-order valence-electron chi connectivity index (χ3n) is 9.00. The van der Waals surface area contributed by atoms with E-state index in [0.717, 1.165) is 83.5 Å². The summed E-state index contributed by atoms with van der Waals surface area (Å²) in [5, 5.41) is 0. The Morgan fingerprint density at radius 3 is 1.41 bits per heavy atom. The van der Waals surface area contributed by atoms with Crippen molar-refractivity contribution < 1.29 is 37.6 Å². The number of unbranched alkanes of at least 4 members (excludes halogenated alkanes) is 16. The largest absolute Gasteiger partial charge is 0.472 e. The van der Waals surface area contributed by atoms with Crippen LogP contribution in [0.1, 0.15) is 188 Å². The highest BCUT2D eigenvalue weighted by molar-refractivity contribution is 7.47. The van der Waals surface area contributed by atoms with E-state index in [2.05, 4.69) is 86.8 Å². The van der Waals surface area contributed by atoms with Crippen molar-refractivity contribution in [1.29, 1.82) is 0 Å². The molecule has 8 nitrogen and oxygen atoms in total. The van der Waals surface area contributed by atoms with E-state index in [1.807, 2.05) is 0 Å². The normalized spacial score (nSPS) is 14.0. The monoisotopic (exact) mass is 805 g/mol. The van der Waals surface area contributed by atoms with Gasteiger partial charge in [-0.1, -0.05) is 157 Å². The molecule has 2 unspecified atom stereocenters. The summed E-state index contributed by atoms with van der Waals surface area (Å²) in [7, 11) is -4.30. The lowest BCUT2D eigenvalue weighted by atomic mass is 10.1. The Morgan fingerprint density at radius 2 is 0.911 bits per heavy atom. The van der Waals surface area contributed by atoms with Crippen LogP contribution in [0.15, 0.2) is 72.9 Å². The number of rotatable bonds is 40. The van der Waals surface area contributed by atoms with Crippen LogP contribution in [0.3, 0.4) is 0 Å². The van der Waals surface area contributed by atoms with Crippen molar-refractivity contribution in [1.82, 2.24) is 0 Å². The fourth-order valence-electron chi connectivity index (χ4n) is 5.77. The van der Waals surface area contributed by atoms with Crippen molar-refractivity contribution in [2.75, 3.05) is 19.8 Å². The van der Waals surface area contributed by atoms with Crippen LogP contribution >= 0.6 is 7.82 Å². The molecule has 0 spiro atoms. The molecule has 0 saturated heterocycles. The third kappa shape index (κ3) is 41.1. The number of phosphoric ester groups is 1. The molecule has 0 aromatic carbocycles. The van der Waals surface area contributed by atoms with Gasteiger partial charge in [-0.25, -0.2) is 4.57 Å². The average molecular weight is 805 g/mol. The van der Waals surface area contributed by atoms with Gasteiger partial charge in [-0.05, 0) is 90.4 Å². The molecule has 0 aromatic rings. The van der Waals surface area contributed by atoms with Gasteiger partial charge in [0.25, 0.3) is 0 Å². The second kappa shape index (κ2) is 42.1. The van der Waals surface area contributed by atoms with Crippen LogP contribution in [-0.4, -0.2) is 42.8 Å². The molecule has 0 aliphatic rings. The van der Waals surface area contributed by atoms with Crippen molar-refractivity contribution in [3.05, 3.63) is 72.9 Å². The van der Waals surface area contributed by atoms with Gasteiger partial charge >= 0.3 is 19.8 Å². The highest BCUT2D eigenvalue weighted by atomic mass is 31.2. The molecule has 0 rings (SSSR count). The molecule has 9 heteroatoms. The first-order chi connectivity index (χ1) is 27.3. The lowest BCUT2D eigenvalue weighted by molar-refractivity contribution is -0.161. The Balaban J connectivity index is 4.16. The molecule has 0 heterocycles. The van der Waals surface area contributed by atoms with Crippen molar-refractivity contribution in [2.45, 2.75) is 194 Å². The van der Waals surface area contributed by atoms with Crippen LogP contribution in [0.5, 0.6) is 0 Å². The lowest BCUT2D eigenvalue weighted by Crippen LogP contribution is -2.29. The van der Waals surface area contributed by atoms with Crippen molar-refractivity contribution in [3.8, 4) is 0 Å². The Kier molecular flexibility index (Phi) is 40.2. The molecule has 0 amide bonds. The molecule has 56 heavy (non-hydrogen) atoms. The van der Waals surface area contributed by atoms with Crippen molar-refractivity contribution in [2.24, 2.45) is 0 Å². The summed E-state index contributed by atoms with van der Waals surface area (Å²) in [6.07, 6.45) is 52.4. The Labute approximate surface area is 343 Å². The Hall–Kier alpha value is -2.51. The van der Waals surface area contributed by atoms with Crippen LogP contribution in [0.2, 0.25) is 0 Å². The van der Waals surface area contributed by atoms with E-state index in [1.54, 1.807) is 6.92 Å². The third-order valence-corrected chi connectivity index (χ3v) is 10.1. The Morgan fingerprint density at radius 1 is 0.500 bits per heavy atom. The fourth-order valence-corrected chi connectivity index (χ4v) is 6.52. The van der Waals surface area contributed by atoms with E-state index in [-0.39, 0.29) is 32.0 Å². The summed E-state index contributed by atoms with van der Waals surface area (Å²) >= 11 is 0. The highest BCUT2D eigenvalue weighted by Gasteiger charge is 2.25. The topological polar surface area (TPSA) is 108 Å². The number of hydrogen-bond donors (Lipinski definition) is 1. The van der Waals surface area contributed by atoms with Gasteiger partial charge in [0, 0.05) is 12.8 Å². The molecule has 0 saturated carbocycles. The summed E-state index contributed by atoms with van der Waals surface area (Å²) in [5.41, 5.74) is 0. The van der Waals surface area contributed by atoms with Gasteiger partial charge in [-0.15, -0.1) is 0 Å². The number of carbonyl (C=O) groups excluding carboxylic acids is 2. The number of ether oxygens (including phenoxy) is 2. The van der Waals surface area contributed by atoms with E-state index in [9.17, 15) is 19.0 Å². The first kappa shape index (κ1) is 53.5. The highest BCUT2D eigenvalue weighted by Crippen LogP contribution is 2.43. The van der Waals surface area contributed by atoms with Gasteiger partial charge in [-0.2, -0.15) is 0 Å². The summed E-state index contributed by atoms with van der Waals surface area (Å²) in [4.78, 5) is 34.8. The van der Waals surface area contributed by atoms with Crippen LogP contribution in [0, 0.1) is 0 Å². The minimum atomic E-state index is -4.30. The quantitative estimate of drug-likeness (QED) is 0.0282. The second-order valence-electron chi connectivity index (χ2n) is 14.3. The molecule has 1 N–H and O–H groups in total. The fraction of sp³-hybridized carbons (Fsp3) is 0.702. The number of hydrogen-bond acceptors (Lipinski definition) is 7. The van der Waals surface area contributed by atoms with Gasteiger partial charge in [0.2, 0.25) is 0 Å². The van der Waals surface area contributed by atoms with Crippen LogP contribution < -0.4 is 0 Å². The van der Waals surface area contributed by atoms with Gasteiger partial charge in [-0.3, -0.25) is 18.6 Å². The van der Waals surface area contributed by atoms with Crippen LogP contribution in [0.4, 0.5) is 0 Å². The standard InChI is InChI=1S/C47H81O8P/c1-4-7-9-11-13-15-17-19-21-23-24-26-28-30-32-34-36-38-40-42-47(49)55-45(44-54-56(50,51)53-6-3)43-52-46(48)41-39-37-35-33-31-29-27-25-22-20-18-16-14-12-10-8-5-2/h7,9,13,15,19-22,24,26,30,32,45H,4-6,8,10-12,14,16-18,23,25,27-29,31,33-44H2,1-3H3,(H,50,51)/b9-7-,15-13-,21-19-,22-20-,26-24-,32-30-. The van der Waals surface area contributed by atoms with Gasteiger partial charge in [0.15, 0.2) is 6.10 Å². The SMILES string of the molecule is CC/C=C\C/C=C\C/C=C\C/C=C\C/C=C\CCCCCC(=O)OC(COC(=O)CCCCCCCCC/C=C\CCCCCCCC)COP(=O)(O)OCC. The van der Waals surface area contributed by atoms with Gasteiger partial charge in [0.05, 0.1) is 13.2 Å². The summed E-state index contributed by atoms with van der Waals surface area (Å²) in [5.74, 6) is -0.844. The molecule has 0 aliphatic carbocycles. The van der Waals surface area contributed by atoms with E-state index in [1.165, 1.54) is 64.2 Å². The number of phosphoric acid groups is 1. The number of carbonyl (C=O) groups is 2. The van der Waals surface area contributed by atoms with E-state index < -0.39 is 26.5 Å². The van der Waals surface area contributed by atoms with Crippen molar-refractivity contribution >= 4 is 19.8 Å². The van der Waals surface area contributed by atoms with Crippen LogP contribution in [0.25, 0.3) is 0 Å². The molecule has 0 aromatic heterocycles. The zero-order valence-corrected chi connectivity index (χ0v) is 36.7. The molecule has 0 radical (unpaired) electrons. The molecule has 0 aliphatic heterocycles. The van der Waals surface area contributed by atoms with E-state index in [4.69, 9.17) is 18.5 Å². The zero-order valence-electron chi connectivity index (χ0n) is 35.8. The summed E-state index contributed by atoms with van der Waals surface area (Å²) in [6.45, 7) is 5.31. The lowest BCUT2D eigenvalue weighted by Gasteiger charge is -2.19. The van der Waals surface area contributed by atoms with Crippen molar-refractivity contribution in [3.63, 3.8) is 0 Å². The predicted octanol–water partition coefficient (Wildman–Crippen LogP) is 14.1. The molecular weight excluding hydrogens is 723 g/mol. The zero-order chi connectivity index (χ0) is 41.1. The second-order valence-corrected chi connectivity index (χ2v) is 15.8. The molecule has 322 valence electrons. The van der Waals surface area contributed by atoms with Gasteiger partial charge in [0.1, 0.15) is 6.61 Å². The van der Waals surface area contributed by atoms with Gasteiger partial charge < -0.3 is 14.4 Å². The minimum Gasteiger partial charge on any atom is -0.462 e. The smallest absolute Gasteiger partial charge is 0.462 e. The molecule has 0 fully saturated rings. The molecule has 0 bridgehead atoms. The summed E-state index contributed by atoms with van der Waals surface area (Å²) < 4.78 is 32.6. The predicted molar refractivity (Wildman–Crippen MR) is 234 cm³/mol.